The molecule has 2 rings (SSSR count). The fourth-order valence-corrected chi connectivity index (χ4v) is 2.64. The van der Waals surface area contributed by atoms with Gasteiger partial charge in [0.05, 0.1) is 13.2 Å². The summed E-state index contributed by atoms with van der Waals surface area (Å²) >= 11 is 0. The smallest absolute Gasteiger partial charge is 0.193 e. The SMILES string of the molecule is CN=C(NCCCOCCOC)N1CCN(c2ccccn2)CC1. The zero-order chi connectivity index (χ0) is 17.0. The van der Waals surface area contributed by atoms with Gasteiger partial charge in [-0.25, -0.2) is 4.98 Å². The molecule has 1 aromatic rings. The summed E-state index contributed by atoms with van der Waals surface area (Å²) in [5.74, 6) is 2.01. The van der Waals surface area contributed by atoms with Crippen molar-refractivity contribution in [3.8, 4) is 0 Å². The van der Waals surface area contributed by atoms with E-state index >= 15 is 0 Å². The molecule has 0 aromatic carbocycles. The zero-order valence-electron chi connectivity index (χ0n) is 14.8. The summed E-state index contributed by atoms with van der Waals surface area (Å²) in [6.45, 7) is 6.70. The fourth-order valence-electron chi connectivity index (χ4n) is 2.64. The van der Waals surface area contributed by atoms with Gasteiger partial charge in [0.25, 0.3) is 0 Å². The molecule has 24 heavy (non-hydrogen) atoms. The van der Waals surface area contributed by atoms with Gasteiger partial charge in [-0.05, 0) is 18.6 Å². The van der Waals surface area contributed by atoms with E-state index in [-0.39, 0.29) is 0 Å². The number of hydrogen-bond acceptors (Lipinski definition) is 5. The van der Waals surface area contributed by atoms with Crippen LogP contribution in [0.1, 0.15) is 6.42 Å². The number of pyridine rings is 1. The lowest BCUT2D eigenvalue weighted by Crippen LogP contribution is -2.52. The Kier molecular flexibility index (Phi) is 8.34. The van der Waals surface area contributed by atoms with Crippen LogP contribution < -0.4 is 10.2 Å². The van der Waals surface area contributed by atoms with Crippen molar-refractivity contribution in [3.63, 3.8) is 0 Å². The molecule has 0 amide bonds. The topological polar surface area (TPSA) is 62.2 Å². The monoisotopic (exact) mass is 335 g/mol. The van der Waals surface area contributed by atoms with Gasteiger partial charge in [-0.1, -0.05) is 6.07 Å². The second-order valence-corrected chi connectivity index (χ2v) is 5.59. The normalized spacial score (nSPS) is 15.7. The molecule has 1 N–H and O–H groups in total. The highest BCUT2D eigenvalue weighted by Gasteiger charge is 2.19. The van der Waals surface area contributed by atoms with Crippen molar-refractivity contribution in [1.82, 2.24) is 15.2 Å². The van der Waals surface area contributed by atoms with E-state index < -0.39 is 0 Å². The van der Waals surface area contributed by atoms with Crippen LogP contribution in [0.5, 0.6) is 0 Å². The Balaban J connectivity index is 1.66. The van der Waals surface area contributed by atoms with Gasteiger partial charge in [0.2, 0.25) is 0 Å². The van der Waals surface area contributed by atoms with Gasteiger partial charge < -0.3 is 24.6 Å². The van der Waals surface area contributed by atoms with Crippen LogP contribution in [0.15, 0.2) is 29.4 Å². The molecule has 0 radical (unpaired) electrons. The van der Waals surface area contributed by atoms with Gasteiger partial charge in [-0.15, -0.1) is 0 Å². The molecular formula is C17H29N5O2. The van der Waals surface area contributed by atoms with Crippen LogP contribution in [-0.2, 0) is 9.47 Å². The van der Waals surface area contributed by atoms with E-state index in [0.29, 0.717) is 13.2 Å². The first-order valence-corrected chi connectivity index (χ1v) is 8.53. The van der Waals surface area contributed by atoms with Crippen LogP contribution >= 0.6 is 0 Å². The number of piperazine rings is 1. The van der Waals surface area contributed by atoms with Crippen LogP contribution in [0.4, 0.5) is 5.82 Å². The quantitative estimate of drug-likeness (QED) is 0.431. The highest BCUT2D eigenvalue weighted by molar-refractivity contribution is 5.80. The zero-order valence-corrected chi connectivity index (χ0v) is 14.8. The Hall–Kier alpha value is -1.86. The van der Waals surface area contributed by atoms with E-state index in [1.807, 2.05) is 25.4 Å². The van der Waals surface area contributed by atoms with Crippen LogP contribution in [0.25, 0.3) is 0 Å². The third-order valence-electron chi connectivity index (χ3n) is 3.94. The minimum Gasteiger partial charge on any atom is -0.382 e. The molecule has 7 heteroatoms. The van der Waals surface area contributed by atoms with Gasteiger partial charge in [-0.3, -0.25) is 4.99 Å². The summed E-state index contributed by atoms with van der Waals surface area (Å²) in [5, 5.41) is 3.42. The Labute approximate surface area is 144 Å². The maximum atomic E-state index is 5.47. The van der Waals surface area contributed by atoms with Crippen molar-refractivity contribution < 1.29 is 9.47 Å². The maximum absolute atomic E-state index is 5.47. The number of ether oxygens (including phenoxy) is 2. The summed E-state index contributed by atoms with van der Waals surface area (Å²) < 4.78 is 10.4. The third kappa shape index (κ3) is 5.98. The predicted molar refractivity (Wildman–Crippen MR) is 96.7 cm³/mol. The second kappa shape index (κ2) is 10.8. The molecule has 1 fully saturated rings. The molecule has 134 valence electrons. The number of nitrogens with zero attached hydrogens (tertiary/aromatic N) is 4. The number of anilines is 1. The summed E-state index contributed by atoms with van der Waals surface area (Å²) in [7, 11) is 3.52. The van der Waals surface area contributed by atoms with Gasteiger partial charge in [0, 0.05) is 59.7 Å². The van der Waals surface area contributed by atoms with Gasteiger partial charge in [0.1, 0.15) is 5.82 Å². The molecule has 0 unspecified atom stereocenters. The van der Waals surface area contributed by atoms with Crippen LogP contribution in [0.3, 0.4) is 0 Å². The van der Waals surface area contributed by atoms with Gasteiger partial charge in [-0.2, -0.15) is 0 Å². The summed E-state index contributed by atoms with van der Waals surface area (Å²) in [6, 6.07) is 6.04. The predicted octanol–water partition coefficient (Wildman–Crippen LogP) is 0.832. The molecule has 0 spiro atoms. The van der Waals surface area contributed by atoms with Crippen molar-refractivity contribution >= 4 is 11.8 Å². The van der Waals surface area contributed by atoms with Crippen LogP contribution in [-0.4, -0.2) is 82.5 Å². The minimum atomic E-state index is 0.648. The molecule has 0 saturated carbocycles. The molecule has 0 bridgehead atoms. The minimum absolute atomic E-state index is 0.648. The van der Waals surface area contributed by atoms with E-state index in [4.69, 9.17) is 9.47 Å². The lowest BCUT2D eigenvalue weighted by molar-refractivity contribution is 0.0698. The molecule has 1 aliphatic rings. The molecule has 0 atom stereocenters. The molecule has 0 aliphatic carbocycles. The summed E-state index contributed by atoms with van der Waals surface area (Å²) in [6.07, 6.45) is 2.80. The average molecular weight is 335 g/mol. The Morgan fingerprint density at radius 1 is 1.21 bits per heavy atom. The van der Waals surface area contributed by atoms with E-state index in [1.165, 1.54) is 0 Å². The molecule has 2 heterocycles. The third-order valence-corrected chi connectivity index (χ3v) is 3.94. The van der Waals surface area contributed by atoms with Crippen LogP contribution in [0, 0.1) is 0 Å². The number of aliphatic imine (C=N–C) groups is 1. The number of methoxy groups -OCH3 is 1. The summed E-state index contributed by atoms with van der Waals surface area (Å²) in [4.78, 5) is 13.4. The van der Waals surface area contributed by atoms with Crippen LogP contribution in [0.2, 0.25) is 0 Å². The fraction of sp³-hybridized carbons (Fsp3) is 0.647. The van der Waals surface area contributed by atoms with Gasteiger partial charge >= 0.3 is 0 Å². The number of rotatable bonds is 8. The largest absolute Gasteiger partial charge is 0.382 e. The Bertz CT molecular complexity index is 475. The standard InChI is InChI=1S/C17H29N5O2/c1-18-17(20-8-5-13-24-15-14-23-2)22-11-9-21(10-12-22)16-6-3-4-7-19-16/h3-4,6-7H,5,8-15H2,1-2H3,(H,18,20). The van der Waals surface area contributed by atoms with Crippen molar-refractivity contribution in [1.29, 1.82) is 0 Å². The lowest BCUT2D eigenvalue weighted by atomic mass is 10.3. The Morgan fingerprint density at radius 2 is 2.04 bits per heavy atom. The number of hydrogen-bond donors (Lipinski definition) is 1. The lowest BCUT2D eigenvalue weighted by Gasteiger charge is -2.37. The molecule has 1 aliphatic heterocycles. The van der Waals surface area contributed by atoms with E-state index in [9.17, 15) is 0 Å². The summed E-state index contributed by atoms with van der Waals surface area (Å²) in [5.41, 5.74) is 0. The Morgan fingerprint density at radius 3 is 2.71 bits per heavy atom. The number of nitrogens with one attached hydrogen (secondary N) is 1. The average Bonchev–Trinajstić information content (AvgIpc) is 2.65. The first-order chi connectivity index (χ1) is 11.8. The maximum Gasteiger partial charge on any atom is 0.193 e. The van der Waals surface area contributed by atoms with Gasteiger partial charge in [0.15, 0.2) is 5.96 Å². The second-order valence-electron chi connectivity index (χ2n) is 5.59. The molecule has 1 saturated heterocycles. The molecule has 7 nitrogen and oxygen atoms in total. The molecule has 1 aromatic heterocycles. The van der Waals surface area contributed by atoms with E-state index in [2.05, 4.69) is 31.2 Å². The van der Waals surface area contributed by atoms with Crippen molar-refractivity contribution in [2.45, 2.75) is 6.42 Å². The van der Waals surface area contributed by atoms with E-state index in [0.717, 1.165) is 57.5 Å². The highest BCUT2D eigenvalue weighted by Crippen LogP contribution is 2.12. The first-order valence-electron chi connectivity index (χ1n) is 8.53. The van der Waals surface area contributed by atoms with Crippen molar-refractivity contribution in [3.05, 3.63) is 24.4 Å². The number of guanidine groups is 1. The highest BCUT2D eigenvalue weighted by atomic mass is 16.5. The van der Waals surface area contributed by atoms with E-state index in [1.54, 1.807) is 7.11 Å². The first kappa shape index (κ1) is 18.5. The van der Waals surface area contributed by atoms with Crippen molar-refractivity contribution in [2.24, 2.45) is 4.99 Å². The molecular weight excluding hydrogens is 306 g/mol. The van der Waals surface area contributed by atoms with Crippen molar-refractivity contribution in [2.75, 3.05) is 71.6 Å². The number of aromatic nitrogens is 1.